The predicted molar refractivity (Wildman–Crippen MR) is 55.8 cm³/mol. The zero-order valence-corrected chi connectivity index (χ0v) is 8.29. The van der Waals surface area contributed by atoms with Crippen molar-refractivity contribution in [1.29, 1.82) is 0 Å². The van der Waals surface area contributed by atoms with Crippen LogP contribution in [0.15, 0.2) is 35.8 Å². The van der Waals surface area contributed by atoms with Gasteiger partial charge in [0.1, 0.15) is 0 Å². The summed E-state index contributed by atoms with van der Waals surface area (Å²) in [5, 5.41) is 2.05. The van der Waals surface area contributed by atoms with E-state index >= 15 is 0 Å². The molecule has 0 fully saturated rings. The molecule has 2 aromatic rings. The quantitative estimate of drug-likeness (QED) is 0.776. The van der Waals surface area contributed by atoms with E-state index in [9.17, 15) is 0 Å². The lowest BCUT2D eigenvalue weighted by Crippen LogP contribution is -2.13. The van der Waals surface area contributed by atoms with E-state index in [1.165, 1.54) is 4.88 Å². The summed E-state index contributed by atoms with van der Waals surface area (Å²) in [5.74, 6) is 0. The van der Waals surface area contributed by atoms with Crippen LogP contribution in [0.4, 0.5) is 0 Å². The normalized spacial score (nSPS) is 13.1. The lowest BCUT2D eigenvalue weighted by Gasteiger charge is -2.10. The molecule has 2 heterocycles. The van der Waals surface area contributed by atoms with E-state index in [0.717, 1.165) is 5.69 Å². The van der Waals surface area contributed by atoms with Gasteiger partial charge < -0.3 is 10.3 Å². The highest BCUT2D eigenvalue weighted by molar-refractivity contribution is 7.10. The highest BCUT2D eigenvalue weighted by atomic mass is 32.1. The first kappa shape index (κ1) is 8.53. The van der Waals surface area contributed by atoms with E-state index < -0.39 is 0 Å². The first-order valence-electron chi connectivity index (χ1n) is 4.19. The smallest absolute Gasteiger partial charge is 0.0799 e. The Morgan fingerprint density at radius 1 is 1.38 bits per heavy atom. The Kier molecular flexibility index (Phi) is 2.20. The summed E-state index contributed by atoms with van der Waals surface area (Å²) in [6.07, 6.45) is 2.02. The van der Waals surface area contributed by atoms with Crippen molar-refractivity contribution < 1.29 is 0 Å². The van der Waals surface area contributed by atoms with Crippen LogP contribution in [0.2, 0.25) is 0 Å². The molecule has 2 rings (SSSR count). The average molecular weight is 192 g/mol. The molecule has 0 aliphatic carbocycles. The molecule has 0 saturated carbocycles. The monoisotopic (exact) mass is 192 g/mol. The minimum Gasteiger partial charge on any atom is -0.353 e. The average Bonchev–Trinajstić information content (AvgIpc) is 2.72. The molecule has 2 N–H and O–H groups in total. The zero-order chi connectivity index (χ0) is 9.26. The Balaban J connectivity index is 2.33. The third-order valence-corrected chi connectivity index (χ3v) is 3.11. The molecule has 0 saturated heterocycles. The number of nitrogens with zero attached hydrogens (tertiary/aromatic N) is 1. The summed E-state index contributed by atoms with van der Waals surface area (Å²) in [7, 11) is 2.02. The van der Waals surface area contributed by atoms with Gasteiger partial charge in [-0.2, -0.15) is 0 Å². The maximum absolute atomic E-state index is 6.10. The molecule has 0 radical (unpaired) electrons. The van der Waals surface area contributed by atoms with Gasteiger partial charge in [-0.15, -0.1) is 11.3 Å². The van der Waals surface area contributed by atoms with Crippen LogP contribution in [0.25, 0.3) is 0 Å². The van der Waals surface area contributed by atoms with Crippen molar-refractivity contribution in [3.05, 3.63) is 46.4 Å². The van der Waals surface area contributed by atoms with Gasteiger partial charge in [-0.1, -0.05) is 6.07 Å². The second kappa shape index (κ2) is 3.36. The second-order valence-electron chi connectivity index (χ2n) is 3.04. The predicted octanol–water partition coefficient (Wildman–Crippen LogP) is 2.13. The molecule has 0 bridgehead atoms. The van der Waals surface area contributed by atoms with Crippen LogP contribution < -0.4 is 5.73 Å². The van der Waals surface area contributed by atoms with Crippen LogP contribution in [0, 0.1) is 0 Å². The van der Waals surface area contributed by atoms with Crippen molar-refractivity contribution in [2.45, 2.75) is 6.04 Å². The van der Waals surface area contributed by atoms with Crippen molar-refractivity contribution in [3.8, 4) is 0 Å². The Bertz CT molecular complexity index is 375. The highest BCUT2D eigenvalue weighted by Crippen LogP contribution is 2.23. The third kappa shape index (κ3) is 1.53. The van der Waals surface area contributed by atoms with Gasteiger partial charge in [0.15, 0.2) is 0 Å². The van der Waals surface area contributed by atoms with E-state index in [1.807, 2.05) is 25.4 Å². The number of aryl methyl sites for hydroxylation is 1. The number of hydrogen-bond acceptors (Lipinski definition) is 2. The summed E-state index contributed by atoms with van der Waals surface area (Å²) in [6.45, 7) is 0. The first-order valence-corrected chi connectivity index (χ1v) is 5.07. The molecular weight excluding hydrogens is 180 g/mol. The number of thiophene rings is 1. The SMILES string of the molecule is Cn1cccc1C(N)c1cccs1. The van der Waals surface area contributed by atoms with E-state index in [-0.39, 0.29) is 6.04 Å². The van der Waals surface area contributed by atoms with Crippen LogP contribution in [-0.2, 0) is 7.05 Å². The Morgan fingerprint density at radius 3 is 2.77 bits per heavy atom. The van der Waals surface area contributed by atoms with E-state index in [4.69, 9.17) is 5.73 Å². The number of rotatable bonds is 2. The molecule has 0 spiro atoms. The maximum atomic E-state index is 6.10. The standard InChI is InChI=1S/C10H12N2S/c1-12-6-2-4-8(12)10(11)9-5-3-7-13-9/h2-7,10H,11H2,1H3. The van der Waals surface area contributed by atoms with Crippen LogP contribution in [0.3, 0.4) is 0 Å². The summed E-state index contributed by atoms with van der Waals surface area (Å²) in [4.78, 5) is 1.21. The number of aromatic nitrogens is 1. The zero-order valence-electron chi connectivity index (χ0n) is 7.47. The summed E-state index contributed by atoms with van der Waals surface area (Å²) in [6, 6.07) is 8.19. The van der Waals surface area contributed by atoms with Crippen molar-refractivity contribution in [2.75, 3.05) is 0 Å². The minimum absolute atomic E-state index is 0.0139. The van der Waals surface area contributed by atoms with Gasteiger partial charge >= 0.3 is 0 Å². The van der Waals surface area contributed by atoms with Gasteiger partial charge in [0, 0.05) is 23.8 Å². The fourth-order valence-corrected chi connectivity index (χ4v) is 2.15. The second-order valence-corrected chi connectivity index (χ2v) is 4.02. The van der Waals surface area contributed by atoms with Gasteiger partial charge in [0.2, 0.25) is 0 Å². The molecule has 2 nitrogen and oxygen atoms in total. The van der Waals surface area contributed by atoms with Gasteiger partial charge in [0.05, 0.1) is 6.04 Å². The van der Waals surface area contributed by atoms with Gasteiger partial charge in [-0.25, -0.2) is 0 Å². The molecule has 0 amide bonds. The van der Waals surface area contributed by atoms with E-state index in [0.29, 0.717) is 0 Å². The molecule has 0 aromatic carbocycles. The summed E-state index contributed by atoms with van der Waals surface area (Å²) < 4.78 is 2.06. The fraction of sp³-hybridized carbons (Fsp3) is 0.200. The Morgan fingerprint density at radius 2 is 2.23 bits per heavy atom. The molecule has 0 aliphatic rings. The number of nitrogens with two attached hydrogens (primary N) is 1. The van der Waals surface area contributed by atoms with Crippen molar-refractivity contribution >= 4 is 11.3 Å². The molecule has 0 aliphatic heterocycles. The van der Waals surface area contributed by atoms with Crippen molar-refractivity contribution in [2.24, 2.45) is 12.8 Å². The molecule has 3 heteroatoms. The topological polar surface area (TPSA) is 30.9 Å². The summed E-state index contributed by atoms with van der Waals surface area (Å²) in [5.41, 5.74) is 7.25. The van der Waals surface area contributed by atoms with E-state index in [2.05, 4.69) is 22.1 Å². The molecular formula is C10H12N2S. The Labute approximate surface area is 81.6 Å². The molecule has 1 unspecified atom stereocenters. The third-order valence-electron chi connectivity index (χ3n) is 2.15. The first-order chi connectivity index (χ1) is 6.29. The van der Waals surface area contributed by atoms with Gasteiger partial charge in [0.25, 0.3) is 0 Å². The lowest BCUT2D eigenvalue weighted by molar-refractivity contribution is 0.756. The van der Waals surface area contributed by atoms with Gasteiger partial charge in [-0.05, 0) is 23.6 Å². The van der Waals surface area contributed by atoms with Crippen molar-refractivity contribution in [1.82, 2.24) is 4.57 Å². The highest BCUT2D eigenvalue weighted by Gasteiger charge is 2.11. The Hall–Kier alpha value is -1.06. The van der Waals surface area contributed by atoms with Crippen LogP contribution in [-0.4, -0.2) is 4.57 Å². The van der Waals surface area contributed by atoms with E-state index in [1.54, 1.807) is 11.3 Å². The van der Waals surface area contributed by atoms with Crippen molar-refractivity contribution in [3.63, 3.8) is 0 Å². The largest absolute Gasteiger partial charge is 0.353 e. The summed E-state index contributed by atoms with van der Waals surface area (Å²) >= 11 is 1.70. The lowest BCUT2D eigenvalue weighted by atomic mass is 10.2. The fourth-order valence-electron chi connectivity index (χ4n) is 1.41. The number of hydrogen-bond donors (Lipinski definition) is 1. The molecule has 68 valence electrons. The maximum Gasteiger partial charge on any atom is 0.0799 e. The molecule has 13 heavy (non-hydrogen) atoms. The van der Waals surface area contributed by atoms with Crippen LogP contribution in [0.1, 0.15) is 16.6 Å². The molecule has 2 aromatic heterocycles. The van der Waals surface area contributed by atoms with Crippen LogP contribution in [0.5, 0.6) is 0 Å². The minimum atomic E-state index is 0.0139. The van der Waals surface area contributed by atoms with Crippen LogP contribution >= 0.6 is 11.3 Å². The van der Waals surface area contributed by atoms with Gasteiger partial charge in [-0.3, -0.25) is 0 Å². The molecule has 1 atom stereocenters.